The number of nitrogens with zero attached hydrogens (tertiary/aromatic N) is 2. The van der Waals surface area contributed by atoms with E-state index in [1.54, 1.807) is 20.3 Å². The number of aromatic nitrogens is 2. The average Bonchev–Trinajstić information content (AvgIpc) is 3.25. The van der Waals surface area contributed by atoms with Crippen LogP contribution in [0.2, 0.25) is 0 Å². The number of carbonyl (C=O) groups is 1. The van der Waals surface area contributed by atoms with Gasteiger partial charge in [0.15, 0.2) is 0 Å². The van der Waals surface area contributed by atoms with Crippen LogP contribution < -0.4 is 15.0 Å². The van der Waals surface area contributed by atoms with Crippen LogP contribution in [0.3, 0.4) is 0 Å². The molecule has 2 heterocycles. The number of ether oxygens (including phenoxy) is 3. The summed E-state index contributed by atoms with van der Waals surface area (Å²) in [6.45, 7) is -0.109. The zero-order valence-corrected chi connectivity index (χ0v) is 17.8. The van der Waals surface area contributed by atoms with Crippen molar-refractivity contribution >= 4 is 27.5 Å². The van der Waals surface area contributed by atoms with Gasteiger partial charge in [0.25, 0.3) is 5.56 Å². The molecule has 4 rings (SSSR count). The number of carbonyl (C=O) groups excluding carboxylic acids is 1. The van der Waals surface area contributed by atoms with Gasteiger partial charge in [0.2, 0.25) is 0 Å². The number of methoxy groups -OCH3 is 2. The van der Waals surface area contributed by atoms with Crippen molar-refractivity contribution in [2.75, 3.05) is 14.2 Å². The molecule has 0 atom stereocenters. The molecule has 158 valence electrons. The van der Waals surface area contributed by atoms with Crippen LogP contribution in [0.5, 0.6) is 11.5 Å². The van der Waals surface area contributed by atoms with E-state index in [9.17, 15) is 9.59 Å². The maximum Gasteiger partial charge on any atom is 0.326 e. The van der Waals surface area contributed by atoms with Crippen LogP contribution in [0.25, 0.3) is 20.7 Å². The van der Waals surface area contributed by atoms with Crippen molar-refractivity contribution in [3.05, 3.63) is 76.8 Å². The van der Waals surface area contributed by atoms with E-state index in [4.69, 9.17) is 14.2 Å². The molecule has 0 N–H and O–H groups in total. The zero-order valence-electron chi connectivity index (χ0n) is 17.0. The van der Waals surface area contributed by atoms with Crippen molar-refractivity contribution in [2.24, 2.45) is 0 Å². The van der Waals surface area contributed by atoms with Crippen molar-refractivity contribution < 1.29 is 19.0 Å². The predicted molar refractivity (Wildman–Crippen MR) is 119 cm³/mol. The summed E-state index contributed by atoms with van der Waals surface area (Å²) >= 11 is 1.34. The number of hydrogen-bond acceptors (Lipinski definition) is 7. The van der Waals surface area contributed by atoms with Crippen LogP contribution >= 0.6 is 11.3 Å². The van der Waals surface area contributed by atoms with Crippen LogP contribution in [0.1, 0.15) is 5.56 Å². The molecule has 0 aliphatic heterocycles. The fourth-order valence-corrected chi connectivity index (χ4v) is 4.13. The average molecular weight is 436 g/mol. The molecule has 0 bridgehead atoms. The van der Waals surface area contributed by atoms with Crippen LogP contribution in [-0.4, -0.2) is 29.7 Å². The van der Waals surface area contributed by atoms with Gasteiger partial charge in [-0.2, -0.15) is 0 Å². The van der Waals surface area contributed by atoms with E-state index in [2.05, 4.69) is 4.98 Å². The summed E-state index contributed by atoms with van der Waals surface area (Å²) in [6.07, 6.45) is 1.38. The van der Waals surface area contributed by atoms with Crippen LogP contribution in [0.15, 0.2) is 65.7 Å². The summed E-state index contributed by atoms with van der Waals surface area (Å²) < 4.78 is 17.4. The third-order valence-corrected chi connectivity index (χ3v) is 5.87. The Morgan fingerprint density at radius 1 is 1.03 bits per heavy atom. The minimum atomic E-state index is -0.516. The zero-order chi connectivity index (χ0) is 21.8. The maximum absolute atomic E-state index is 12.9. The second kappa shape index (κ2) is 9.01. The Balaban J connectivity index is 1.49. The Kier molecular flexibility index (Phi) is 5.99. The van der Waals surface area contributed by atoms with Crippen molar-refractivity contribution in [3.63, 3.8) is 0 Å². The summed E-state index contributed by atoms with van der Waals surface area (Å²) in [5, 5.41) is 0. The van der Waals surface area contributed by atoms with Gasteiger partial charge in [-0.1, -0.05) is 12.1 Å². The van der Waals surface area contributed by atoms with E-state index in [1.165, 1.54) is 22.2 Å². The van der Waals surface area contributed by atoms with Crippen LogP contribution in [0, 0.1) is 0 Å². The van der Waals surface area contributed by atoms with Gasteiger partial charge in [0, 0.05) is 4.88 Å². The second-order valence-corrected chi connectivity index (χ2v) is 7.80. The minimum absolute atomic E-state index is 0.0983. The number of thiophene rings is 1. The molecule has 0 fully saturated rings. The number of esters is 1. The van der Waals surface area contributed by atoms with Gasteiger partial charge < -0.3 is 14.2 Å². The van der Waals surface area contributed by atoms with Crippen molar-refractivity contribution in [1.29, 1.82) is 0 Å². The lowest BCUT2D eigenvalue weighted by Gasteiger charge is -2.08. The molecule has 0 aliphatic rings. The molecule has 0 saturated heterocycles. The summed E-state index contributed by atoms with van der Waals surface area (Å²) in [5.41, 5.74) is 2.10. The first kappa shape index (κ1) is 20.6. The van der Waals surface area contributed by atoms with E-state index >= 15 is 0 Å². The summed E-state index contributed by atoms with van der Waals surface area (Å²) in [4.78, 5) is 30.4. The van der Waals surface area contributed by atoms with Crippen LogP contribution in [-0.2, 0) is 22.7 Å². The highest BCUT2D eigenvalue weighted by atomic mass is 32.1. The first-order valence-corrected chi connectivity index (χ1v) is 10.3. The van der Waals surface area contributed by atoms with Gasteiger partial charge in [-0.25, -0.2) is 4.98 Å². The molecule has 4 aromatic rings. The molecule has 0 aliphatic carbocycles. The Labute approximate surface area is 182 Å². The van der Waals surface area contributed by atoms with Gasteiger partial charge in [-0.05, 0) is 53.6 Å². The first-order chi connectivity index (χ1) is 15.1. The second-order valence-electron chi connectivity index (χ2n) is 6.74. The van der Waals surface area contributed by atoms with Crippen molar-refractivity contribution in [3.8, 4) is 21.9 Å². The number of rotatable bonds is 7. The van der Waals surface area contributed by atoms with E-state index in [1.807, 2.05) is 48.5 Å². The standard InChI is InChI=1S/C23H20N2O5S/c1-28-17-8-6-16(7-9-17)20-11-19-22(31-20)23(27)25(14-24-19)12-21(26)30-13-15-4-3-5-18(10-15)29-2/h3-11,14H,12-13H2,1-2H3. The highest BCUT2D eigenvalue weighted by Crippen LogP contribution is 2.31. The van der Waals surface area contributed by atoms with Gasteiger partial charge in [0.1, 0.15) is 29.4 Å². The molecular formula is C23H20N2O5S. The third kappa shape index (κ3) is 4.59. The lowest BCUT2D eigenvalue weighted by Crippen LogP contribution is -2.25. The fourth-order valence-electron chi connectivity index (χ4n) is 3.07. The Morgan fingerprint density at radius 3 is 2.55 bits per heavy atom. The number of fused-ring (bicyclic) bond motifs is 1. The molecule has 0 amide bonds. The Hall–Kier alpha value is -3.65. The van der Waals surface area contributed by atoms with E-state index in [0.717, 1.165) is 21.8 Å². The normalized spacial score (nSPS) is 10.8. The molecule has 31 heavy (non-hydrogen) atoms. The first-order valence-electron chi connectivity index (χ1n) is 9.49. The fraction of sp³-hybridized carbons (Fsp3) is 0.174. The van der Waals surface area contributed by atoms with Crippen molar-refractivity contribution in [1.82, 2.24) is 9.55 Å². The van der Waals surface area contributed by atoms with E-state index in [0.29, 0.717) is 16.0 Å². The molecule has 2 aromatic heterocycles. The highest BCUT2D eigenvalue weighted by Gasteiger charge is 2.13. The van der Waals surface area contributed by atoms with Gasteiger partial charge in [0.05, 0.1) is 26.1 Å². The number of benzene rings is 2. The Morgan fingerprint density at radius 2 is 1.81 bits per heavy atom. The van der Waals surface area contributed by atoms with Crippen LogP contribution in [0.4, 0.5) is 0 Å². The molecule has 2 aromatic carbocycles. The molecule has 0 saturated carbocycles. The monoisotopic (exact) mass is 436 g/mol. The largest absolute Gasteiger partial charge is 0.497 e. The minimum Gasteiger partial charge on any atom is -0.497 e. The van der Waals surface area contributed by atoms with Gasteiger partial charge >= 0.3 is 5.97 Å². The van der Waals surface area contributed by atoms with Gasteiger partial charge in [-0.3, -0.25) is 14.2 Å². The van der Waals surface area contributed by atoms with Gasteiger partial charge in [-0.15, -0.1) is 11.3 Å². The summed E-state index contributed by atoms with van der Waals surface area (Å²) in [5.74, 6) is 0.931. The van der Waals surface area contributed by atoms with E-state index < -0.39 is 5.97 Å². The summed E-state index contributed by atoms with van der Waals surface area (Å²) in [7, 11) is 3.19. The van der Waals surface area contributed by atoms with E-state index in [-0.39, 0.29) is 18.7 Å². The van der Waals surface area contributed by atoms with Crippen molar-refractivity contribution in [2.45, 2.75) is 13.2 Å². The highest BCUT2D eigenvalue weighted by molar-refractivity contribution is 7.22. The quantitative estimate of drug-likeness (QED) is 0.409. The summed E-state index contributed by atoms with van der Waals surface area (Å²) in [6, 6.07) is 16.7. The Bertz CT molecular complexity index is 1280. The molecule has 0 radical (unpaired) electrons. The molecular weight excluding hydrogens is 416 g/mol. The third-order valence-electron chi connectivity index (χ3n) is 4.71. The topological polar surface area (TPSA) is 79.7 Å². The molecule has 7 nitrogen and oxygen atoms in total. The SMILES string of the molecule is COc1ccc(-c2cc3ncn(CC(=O)OCc4cccc(OC)c4)c(=O)c3s2)cc1. The lowest BCUT2D eigenvalue weighted by atomic mass is 10.2. The molecule has 0 spiro atoms. The smallest absolute Gasteiger partial charge is 0.326 e. The lowest BCUT2D eigenvalue weighted by molar-refractivity contribution is -0.145. The maximum atomic E-state index is 12.9. The molecule has 8 heteroatoms. The predicted octanol–water partition coefficient (Wildman–Crippen LogP) is 3.89. The number of hydrogen-bond donors (Lipinski definition) is 0. The molecule has 0 unspecified atom stereocenters.